The molecule has 338 valence electrons. The molecule has 63 heavy (non-hydrogen) atoms. The van der Waals surface area contributed by atoms with Crippen LogP contribution in [0.15, 0.2) is 42.7 Å². The van der Waals surface area contributed by atoms with Crippen LogP contribution in [0.2, 0.25) is 0 Å². The summed E-state index contributed by atoms with van der Waals surface area (Å²) in [5, 5.41) is 11.9. The fourth-order valence-electron chi connectivity index (χ4n) is 8.62. The molecule has 4 heterocycles. The number of nitrogens with one attached hydrogen (secondary N) is 4. The van der Waals surface area contributed by atoms with Crippen LogP contribution in [0.1, 0.15) is 106 Å². The third-order valence-electron chi connectivity index (χ3n) is 12.2. The second-order valence-electron chi connectivity index (χ2n) is 18.3. The van der Waals surface area contributed by atoms with Gasteiger partial charge in [-0.3, -0.25) is 38.8 Å². The van der Waals surface area contributed by atoms with Crippen molar-refractivity contribution in [3.8, 4) is 0 Å². The first-order chi connectivity index (χ1) is 29.8. The van der Waals surface area contributed by atoms with Gasteiger partial charge in [-0.15, -0.1) is 0 Å². The first-order valence-corrected chi connectivity index (χ1v) is 22.0. The second-order valence-corrected chi connectivity index (χ2v) is 18.3. The van der Waals surface area contributed by atoms with Gasteiger partial charge < -0.3 is 31.1 Å². The molecule has 1 saturated carbocycles. The van der Waals surface area contributed by atoms with Crippen LogP contribution in [0.25, 0.3) is 0 Å². The van der Waals surface area contributed by atoms with E-state index in [0.29, 0.717) is 54.5 Å². The highest BCUT2D eigenvalue weighted by atomic mass is 16.2. The third kappa shape index (κ3) is 10.7. The predicted molar refractivity (Wildman–Crippen MR) is 240 cm³/mol. The summed E-state index contributed by atoms with van der Waals surface area (Å²) in [6.07, 6.45) is 9.10. The highest BCUT2D eigenvalue weighted by Gasteiger charge is 2.43. The van der Waals surface area contributed by atoms with E-state index in [4.69, 9.17) is 0 Å². The monoisotopic (exact) mass is 865 g/mol. The molecule has 3 aromatic rings. The zero-order valence-corrected chi connectivity index (χ0v) is 38.1. The molecule has 1 aromatic carbocycles. The zero-order chi connectivity index (χ0) is 45.7. The number of nitrogens with zero attached hydrogens (tertiary/aromatic N) is 7. The molecule has 0 unspecified atom stereocenters. The largest absolute Gasteiger partial charge is 0.347 e. The van der Waals surface area contributed by atoms with Crippen molar-refractivity contribution in [1.29, 1.82) is 0 Å². The Morgan fingerprint density at radius 2 is 1.65 bits per heavy atom. The van der Waals surface area contributed by atoms with Gasteiger partial charge in [0.15, 0.2) is 0 Å². The number of carbonyl (C=O) groups is 6. The van der Waals surface area contributed by atoms with Gasteiger partial charge in [-0.1, -0.05) is 39.2 Å². The summed E-state index contributed by atoms with van der Waals surface area (Å²) in [6, 6.07) is 6.03. The van der Waals surface area contributed by atoms with E-state index >= 15 is 0 Å². The summed E-state index contributed by atoms with van der Waals surface area (Å²) < 4.78 is 0. The van der Waals surface area contributed by atoms with Crippen LogP contribution in [-0.2, 0) is 25.7 Å². The molecule has 4 N–H and O–H groups in total. The Kier molecular flexibility index (Phi) is 14.4. The number of benzene rings is 1. The summed E-state index contributed by atoms with van der Waals surface area (Å²) >= 11 is 0. The maximum Gasteiger partial charge on any atom is 0.330 e. The van der Waals surface area contributed by atoms with Crippen molar-refractivity contribution in [3.05, 3.63) is 65.1 Å². The molecule has 17 heteroatoms. The molecule has 0 bridgehead atoms. The number of hydrogen-bond acceptors (Lipinski definition) is 10. The summed E-state index contributed by atoms with van der Waals surface area (Å²) in [5.74, 6) is -1.26. The number of carbonyl (C=O) groups excluding carboxylic acids is 6. The molecule has 0 radical (unpaired) electrons. The lowest BCUT2D eigenvalue weighted by molar-refractivity contribution is -0.143. The minimum atomic E-state index is -1.39. The van der Waals surface area contributed by atoms with E-state index in [9.17, 15) is 28.8 Å². The van der Waals surface area contributed by atoms with Crippen LogP contribution in [-0.4, -0.2) is 112 Å². The number of anilines is 4. The highest BCUT2D eigenvalue weighted by Crippen LogP contribution is 2.34. The number of urea groups is 1. The number of likely N-dealkylation sites (N-methyl/N-ethyl adjacent to an activating group) is 1. The molecule has 3 aliphatic rings. The van der Waals surface area contributed by atoms with E-state index in [2.05, 4.69) is 36.2 Å². The Labute approximate surface area is 370 Å². The molecular formula is C46H63N11O6. The lowest BCUT2D eigenvalue weighted by Gasteiger charge is -2.36. The van der Waals surface area contributed by atoms with Crippen LogP contribution >= 0.6 is 0 Å². The van der Waals surface area contributed by atoms with E-state index < -0.39 is 41.4 Å². The van der Waals surface area contributed by atoms with Crippen molar-refractivity contribution in [2.24, 2.45) is 11.8 Å². The smallest absolute Gasteiger partial charge is 0.330 e. The maximum atomic E-state index is 14.6. The number of aryl methyl sites for hydroxylation is 2. The number of rotatable bonds is 14. The van der Waals surface area contributed by atoms with E-state index in [-0.39, 0.29) is 41.8 Å². The molecule has 2 fully saturated rings. The predicted octanol–water partition coefficient (Wildman–Crippen LogP) is 4.99. The Hall–Kier alpha value is -6.13. The van der Waals surface area contributed by atoms with E-state index in [0.717, 1.165) is 43.4 Å². The summed E-state index contributed by atoms with van der Waals surface area (Å²) in [5.41, 5.74) is 2.48. The van der Waals surface area contributed by atoms with Crippen molar-refractivity contribution in [1.82, 2.24) is 40.7 Å². The Morgan fingerprint density at radius 3 is 2.32 bits per heavy atom. The molecule has 7 amide bonds. The Balaban J connectivity index is 1.17. The molecule has 1 saturated heterocycles. The van der Waals surface area contributed by atoms with Crippen LogP contribution in [0, 0.1) is 25.7 Å². The van der Waals surface area contributed by atoms with Crippen molar-refractivity contribution in [2.45, 2.75) is 123 Å². The number of aromatic nitrogens is 3. The molecule has 2 aliphatic heterocycles. The minimum absolute atomic E-state index is 0.135. The van der Waals surface area contributed by atoms with Gasteiger partial charge in [0.1, 0.15) is 29.5 Å². The molecule has 3 atom stereocenters. The van der Waals surface area contributed by atoms with E-state index in [1.807, 2.05) is 39.8 Å². The van der Waals surface area contributed by atoms with E-state index in [1.54, 1.807) is 75.4 Å². The second kappa shape index (κ2) is 19.5. The van der Waals surface area contributed by atoms with Gasteiger partial charge in [0, 0.05) is 56.4 Å². The number of likely N-dealkylation sites (tertiary alicyclic amines) is 1. The van der Waals surface area contributed by atoms with Crippen molar-refractivity contribution < 1.29 is 28.8 Å². The zero-order valence-electron chi connectivity index (χ0n) is 38.1. The van der Waals surface area contributed by atoms with Crippen molar-refractivity contribution in [2.75, 3.05) is 42.8 Å². The molecule has 0 spiro atoms. The number of fused-ring (bicyclic) bond motifs is 1. The SMILES string of the molecule is Cc1ccc(Nc2ncc3c(n2)N(C)C(=O)N(c2cc(C(=O)N[C@H](C(=O)N4CCC[C@H]4C(=O)NC(C)(C)C(=O)N[C@@H](CC(C)C)C(=O)N(C)C)C4CCCCC4)ccc2C)C3)cn1. The highest BCUT2D eigenvalue weighted by molar-refractivity contribution is 6.07. The molecule has 6 rings (SSSR count). The molecule has 1 aliphatic carbocycles. The summed E-state index contributed by atoms with van der Waals surface area (Å²) in [6.45, 7) is 11.3. The normalized spacial score (nSPS) is 17.8. The first-order valence-electron chi connectivity index (χ1n) is 22.0. The van der Waals surface area contributed by atoms with Crippen molar-refractivity contribution in [3.63, 3.8) is 0 Å². The molecule has 2 aromatic heterocycles. The third-order valence-corrected chi connectivity index (χ3v) is 12.2. The number of amides is 7. The number of hydrogen-bond donors (Lipinski definition) is 4. The fraction of sp³-hybridized carbons (Fsp3) is 0.543. The average Bonchev–Trinajstić information content (AvgIpc) is 3.75. The van der Waals surface area contributed by atoms with E-state index in [1.165, 1.54) is 9.80 Å². The quantitative estimate of drug-likeness (QED) is 0.171. The van der Waals surface area contributed by atoms with Gasteiger partial charge in [-0.05, 0) is 101 Å². The Morgan fingerprint density at radius 1 is 0.921 bits per heavy atom. The fourth-order valence-corrected chi connectivity index (χ4v) is 8.62. The maximum absolute atomic E-state index is 14.6. The first kappa shape index (κ1) is 46.4. The standard InChI is InChI=1S/C46H63N11O6/c1-27(2)22-34(41(60)54(7)8)50-43(62)46(5,6)53-40(59)35-16-13-21-56(35)42(61)37(30-14-11-10-12-15-30)51-39(58)31-19-17-28(3)36(23-31)57-26-32-24-48-44(52-38(32)55(9)45(57)63)49-33-20-18-29(4)47-25-33/h17-20,23-25,27,30,34-35,37H,10-16,21-22,26H2,1-9H3,(H,50,62)(H,51,58)(H,53,59)(H,48,49,52)/t34-,35-,37-/m0/s1. The van der Waals surface area contributed by atoms with Gasteiger partial charge in [0.2, 0.25) is 29.6 Å². The van der Waals surface area contributed by atoms with Gasteiger partial charge in [0.25, 0.3) is 5.91 Å². The van der Waals surface area contributed by atoms with Crippen LogP contribution < -0.4 is 31.1 Å². The van der Waals surface area contributed by atoms with Crippen LogP contribution in [0.5, 0.6) is 0 Å². The van der Waals surface area contributed by atoms with Crippen LogP contribution in [0.4, 0.5) is 27.9 Å². The van der Waals surface area contributed by atoms with Crippen molar-refractivity contribution >= 4 is 58.7 Å². The van der Waals surface area contributed by atoms with Gasteiger partial charge in [-0.2, -0.15) is 4.98 Å². The summed E-state index contributed by atoms with van der Waals surface area (Å²) in [4.78, 5) is 103. The van der Waals surface area contributed by atoms with Gasteiger partial charge >= 0.3 is 6.03 Å². The van der Waals surface area contributed by atoms with Gasteiger partial charge in [-0.25, -0.2) is 9.78 Å². The van der Waals surface area contributed by atoms with Crippen LogP contribution in [0.3, 0.4) is 0 Å². The lowest BCUT2D eigenvalue weighted by atomic mass is 9.83. The summed E-state index contributed by atoms with van der Waals surface area (Å²) in [7, 11) is 4.91. The number of pyridine rings is 1. The average molecular weight is 866 g/mol. The van der Waals surface area contributed by atoms with Gasteiger partial charge in [0.05, 0.1) is 18.4 Å². The minimum Gasteiger partial charge on any atom is -0.347 e. The molecular weight excluding hydrogens is 803 g/mol. The lowest BCUT2D eigenvalue weighted by Crippen LogP contribution is -2.62. The molecule has 17 nitrogen and oxygen atoms in total. The topological polar surface area (TPSA) is 202 Å². The Bertz CT molecular complexity index is 2200.